The fraction of sp³-hybridized carbons (Fsp3) is 0.917. The van der Waals surface area contributed by atoms with Crippen LogP contribution in [0.2, 0.25) is 0 Å². The van der Waals surface area contributed by atoms with Crippen LogP contribution in [0.5, 0.6) is 0 Å². The highest BCUT2D eigenvalue weighted by Gasteiger charge is 2.36. The molecule has 1 aliphatic heterocycles. The molecule has 194 valence electrons. The summed E-state index contributed by atoms with van der Waals surface area (Å²) >= 11 is 1.59. The van der Waals surface area contributed by atoms with Gasteiger partial charge in [0.2, 0.25) is 11.8 Å². The van der Waals surface area contributed by atoms with Gasteiger partial charge in [-0.2, -0.15) is 0 Å². The first-order chi connectivity index (χ1) is 15.7. The molecule has 1 rings (SSSR count). The molecule has 0 aliphatic carbocycles. The van der Waals surface area contributed by atoms with E-state index < -0.39 is 18.3 Å². The van der Waals surface area contributed by atoms with E-state index >= 15 is 0 Å². The minimum absolute atomic E-state index is 0.0913. The van der Waals surface area contributed by atoms with Gasteiger partial charge in [-0.05, 0) is 44.8 Å². The van der Waals surface area contributed by atoms with Gasteiger partial charge in [-0.25, -0.2) is 0 Å². The third-order valence-electron chi connectivity index (χ3n) is 6.34. The average molecular weight is 491 g/mol. The average Bonchev–Trinajstić information content (AvgIpc) is 2.80. The minimum atomic E-state index is -1.03. The van der Waals surface area contributed by atoms with Gasteiger partial charge in [0.25, 0.3) is 0 Å². The molecule has 1 saturated heterocycles. The predicted octanol–water partition coefficient (Wildman–Crippen LogP) is 2.48. The maximum Gasteiger partial charge on any atom is 0.220 e. The fourth-order valence-corrected chi connectivity index (χ4v) is 5.03. The van der Waals surface area contributed by atoms with Crippen molar-refractivity contribution < 1.29 is 29.6 Å². The molecule has 5 atom stereocenters. The smallest absolute Gasteiger partial charge is 0.220 e. The minimum Gasteiger partial charge on any atom is -0.394 e. The van der Waals surface area contributed by atoms with Gasteiger partial charge < -0.3 is 30.7 Å². The Morgan fingerprint density at radius 3 is 2.45 bits per heavy atom. The number of aliphatic hydroxyl groups is 3. The summed E-state index contributed by atoms with van der Waals surface area (Å²) in [6.07, 6.45) is 6.37. The molecule has 0 aromatic heterocycles. The number of rotatable bonds is 17. The number of hydrogen-bond donors (Lipinski definition) is 5. The van der Waals surface area contributed by atoms with E-state index in [1.165, 1.54) is 0 Å². The third-order valence-corrected chi connectivity index (χ3v) is 7.54. The second-order valence-electron chi connectivity index (χ2n) is 9.24. The number of carbonyl (C=O) groups excluding carboxylic acids is 2. The van der Waals surface area contributed by atoms with Crippen molar-refractivity contribution in [3.8, 4) is 0 Å². The van der Waals surface area contributed by atoms with E-state index in [4.69, 9.17) is 4.74 Å². The molecule has 5 N–H and O–H groups in total. The van der Waals surface area contributed by atoms with Crippen LogP contribution < -0.4 is 10.6 Å². The summed E-state index contributed by atoms with van der Waals surface area (Å²) in [5.41, 5.74) is -0.364. The first-order valence-electron chi connectivity index (χ1n) is 12.6. The Labute approximate surface area is 203 Å². The molecule has 0 aromatic carbocycles. The molecule has 1 fully saturated rings. The monoisotopic (exact) mass is 490 g/mol. The second-order valence-corrected chi connectivity index (χ2v) is 10.5. The molecule has 1 heterocycles. The molecular weight excluding hydrogens is 444 g/mol. The van der Waals surface area contributed by atoms with Gasteiger partial charge in [0.15, 0.2) is 0 Å². The van der Waals surface area contributed by atoms with Crippen LogP contribution in [0.4, 0.5) is 0 Å². The Morgan fingerprint density at radius 2 is 1.79 bits per heavy atom. The lowest BCUT2D eigenvalue weighted by atomic mass is 9.91. The number of aliphatic hydroxyl groups excluding tert-OH is 3. The highest BCUT2D eigenvalue weighted by Crippen LogP contribution is 2.28. The lowest BCUT2D eigenvalue weighted by molar-refractivity contribution is -0.157. The number of hydrogen-bond acceptors (Lipinski definition) is 7. The maximum atomic E-state index is 12.0. The Hall–Kier alpha value is -0.870. The first kappa shape index (κ1) is 30.2. The van der Waals surface area contributed by atoms with Gasteiger partial charge in [0, 0.05) is 31.3 Å². The van der Waals surface area contributed by atoms with Crippen LogP contribution in [-0.2, 0) is 14.3 Å². The largest absolute Gasteiger partial charge is 0.394 e. The number of nitrogens with one attached hydrogen (secondary N) is 2. The maximum absolute atomic E-state index is 12.0. The molecule has 1 aliphatic rings. The zero-order chi connectivity index (χ0) is 24.7. The van der Waals surface area contributed by atoms with Gasteiger partial charge in [-0.15, -0.1) is 11.8 Å². The van der Waals surface area contributed by atoms with Crippen molar-refractivity contribution in [2.24, 2.45) is 0 Å². The summed E-state index contributed by atoms with van der Waals surface area (Å²) in [5.74, 6) is 1.06. The standard InChI is InChI=1S/C24H46N2O6S/c1-4-20(29)26-24(3,5-2)13-9-6-8-12-21(30)25-14-10-7-11-15-33-22-16-18(28)23(31)19(17-27)32-22/h18-19,22-23,27-28,31H,4-17H2,1-3H3,(H,25,30)(H,26,29)/t18?,19?,22-,23+,24?/m0/s1. The van der Waals surface area contributed by atoms with Gasteiger partial charge in [0.05, 0.1) is 12.7 Å². The molecule has 0 spiro atoms. The zero-order valence-corrected chi connectivity index (χ0v) is 21.5. The van der Waals surface area contributed by atoms with Crippen molar-refractivity contribution >= 4 is 23.6 Å². The Balaban J connectivity index is 2.01. The molecule has 8 nitrogen and oxygen atoms in total. The molecule has 0 aromatic rings. The Morgan fingerprint density at radius 1 is 1.06 bits per heavy atom. The number of thioether (sulfide) groups is 1. The van der Waals surface area contributed by atoms with Gasteiger partial charge in [0.1, 0.15) is 17.6 Å². The number of ether oxygens (including phenoxy) is 1. The van der Waals surface area contributed by atoms with E-state index in [-0.39, 0.29) is 29.4 Å². The third kappa shape index (κ3) is 12.4. The van der Waals surface area contributed by atoms with Crippen molar-refractivity contribution in [1.82, 2.24) is 10.6 Å². The summed E-state index contributed by atoms with van der Waals surface area (Å²) in [4.78, 5) is 23.7. The highest BCUT2D eigenvalue weighted by atomic mass is 32.2. The molecule has 2 amide bonds. The van der Waals surface area contributed by atoms with E-state index in [9.17, 15) is 24.9 Å². The van der Waals surface area contributed by atoms with Crippen molar-refractivity contribution in [2.75, 3.05) is 18.9 Å². The summed E-state index contributed by atoms with van der Waals surface area (Å²) in [7, 11) is 0. The second kappa shape index (κ2) is 16.7. The van der Waals surface area contributed by atoms with Crippen LogP contribution in [0.15, 0.2) is 0 Å². The molecule has 0 radical (unpaired) electrons. The van der Waals surface area contributed by atoms with Gasteiger partial charge >= 0.3 is 0 Å². The van der Waals surface area contributed by atoms with Crippen LogP contribution in [0, 0.1) is 0 Å². The van der Waals surface area contributed by atoms with E-state index in [1.54, 1.807) is 11.8 Å². The topological polar surface area (TPSA) is 128 Å². The molecule has 0 bridgehead atoms. The summed E-state index contributed by atoms with van der Waals surface area (Å²) in [5, 5.41) is 34.9. The Kier molecular flexibility index (Phi) is 15.3. The van der Waals surface area contributed by atoms with Crippen molar-refractivity contribution in [3.05, 3.63) is 0 Å². The first-order valence-corrected chi connectivity index (χ1v) is 13.6. The lowest BCUT2D eigenvalue weighted by Crippen LogP contribution is -2.49. The van der Waals surface area contributed by atoms with E-state index in [0.717, 1.165) is 57.1 Å². The van der Waals surface area contributed by atoms with E-state index in [2.05, 4.69) is 24.5 Å². The SMILES string of the molecule is CCC(=O)NC(C)(CC)CCCCCC(=O)NCCCCCS[C@H]1CC(O)[C@@H](O)C(CO)O1. The van der Waals surface area contributed by atoms with E-state index in [1.807, 2.05) is 6.92 Å². The van der Waals surface area contributed by atoms with Gasteiger partial charge in [-0.1, -0.05) is 33.1 Å². The highest BCUT2D eigenvalue weighted by molar-refractivity contribution is 7.99. The number of unbranched alkanes of at least 4 members (excludes halogenated alkanes) is 4. The van der Waals surface area contributed by atoms with Crippen LogP contribution in [0.1, 0.15) is 91.4 Å². The fourth-order valence-electron chi connectivity index (χ4n) is 3.84. The molecule has 0 saturated carbocycles. The normalized spacial score (nSPS) is 24.8. The number of amides is 2. The number of carbonyl (C=O) groups is 2. The van der Waals surface area contributed by atoms with Gasteiger partial charge in [-0.3, -0.25) is 9.59 Å². The van der Waals surface area contributed by atoms with E-state index in [0.29, 0.717) is 25.8 Å². The molecular formula is C24H46N2O6S. The van der Waals surface area contributed by atoms with Crippen LogP contribution in [0.3, 0.4) is 0 Å². The van der Waals surface area contributed by atoms with Crippen molar-refractivity contribution in [2.45, 2.75) is 121 Å². The summed E-state index contributed by atoms with van der Waals surface area (Å²) in [6, 6.07) is 0. The Bertz CT molecular complexity index is 567. The van der Waals surface area contributed by atoms with Crippen LogP contribution >= 0.6 is 11.8 Å². The van der Waals surface area contributed by atoms with Crippen LogP contribution in [-0.4, -0.2) is 75.3 Å². The molecule has 3 unspecified atom stereocenters. The van der Waals surface area contributed by atoms with Crippen LogP contribution in [0.25, 0.3) is 0 Å². The quantitative estimate of drug-likeness (QED) is 0.198. The van der Waals surface area contributed by atoms with Crippen molar-refractivity contribution in [1.29, 1.82) is 0 Å². The zero-order valence-electron chi connectivity index (χ0n) is 20.7. The molecule has 33 heavy (non-hydrogen) atoms. The predicted molar refractivity (Wildman–Crippen MR) is 132 cm³/mol. The molecule has 9 heteroatoms. The van der Waals surface area contributed by atoms with Crippen molar-refractivity contribution in [3.63, 3.8) is 0 Å². The summed E-state index contributed by atoms with van der Waals surface area (Å²) in [6.45, 7) is 6.42. The summed E-state index contributed by atoms with van der Waals surface area (Å²) < 4.78 is 5.61. The lowest BCUT2D eigenvalue weighted by Gasteiger charge is -2.36.